The zero-order valence-corrected chi connectivity index (χ0v) is 26.5. The molecule has 0 aromatic rings. The van der Waals surface area contributed by atoms with E-state index in [0.717, 1.165) is 12.8 Å². The van der Waals surface area contributed by atoms with Crippen LogP contribution in [-0.4, -0.2) is 52.3 Å². The highest BCUT2D eigenvalue weighted by molar-refractivity contribution is 6.01. The quantitative estimate of drug-likeness (QED) is 0.281. The normalized spacial score (nSPS) is 39.5. The smallest absolute Gasteiger partial charge is 0.309 e. The molecule has 41 heavy (non-hydrogen) atoms. The molecule has 7 heteroatoms. The Morgan fingerprint density at radius 2 is 1.68 bits per heavy atom. The highest BCUT2D eigenvalue weighted by Gasteiger charge is 2.70. The van der Waals surface area contributed by atoms with Crippen molar-refractivity contribution < 1.29 is 34.1 Å². The summed E-state index contributed by atoms with van der Waals surface area (Å²) in [4.78, 5) is 52.5. The van der Waals surface area contributed by atoms with Gasteiger partial charge >= 0.3 is 5.97 Å². The van der Waals surface area contributed by atoms with Crippen molar-refractivity contribution in [2.45, 2.75) is 125 Å². The van der Waals surface area contributed by atoms with Crippen LogP contribution in [0.4, 0.5) is 0 Å². The monoisotopic (exact) mass is 572 g/mol. The molecule has 2 N–H and O–H groups in total. The van der Waals surface area contributed by atoms with Gasteiger partial charge < -0.3 is 14.9 Å². The van der Waals surface area contributed by atoms with Gasteiger partial charge in [-0.2, -0.15) is 0 Å². The van der Waals surface area contributed by atoms with Crippen LogP contribution in [0, 0.1) is 45.3 Å². The number of rotatable bonds is 9. The Hall–Kier alpha value is -1.86. The first-order valence-electron chi connectivity index (χ1n) is 15.8. The van der Waals surface area contributed by atoms with Gasteiger partial charge in [-0.15, -0.1) is 0 Å². The van der Waals surface area contributed by atoms with E-state index in [1.165, 1.54) is 0 Å². The van der Waals surface area contributed by atoms with Crippen LogP contribution in [-0.2, 0) is 23.9 Å². The molecule has 0 radical (unpaired) electrons. The number of hydrogen-bond acceptors (Lipinski definition) is 7. The van der Waals surface area contributed by atoms with Gasteiger partial charge in [0.2, 0.25) is 0 Å². The number of esters is 1. The van der Waals surface area contributed by atoms with Crippen LogP contribution < -0.4 is 0 Å². The zero-order valence-electron chi connectivity index (χ0n) is 26.5. The highest BCUT2D eigenvalue weighted by atomic mass is 16.5. The summed E-state index contributed by atoms with van der Waals surface area (Å²) in [6.07, 6.45) is 2.48. The molecule has 1 unspecified atom stereocenters. The van der Waals surface area contributed by atoms with Crippen molar-refractivity contribution in [1.82, 2.24) is 0 Å². The van der Waals surface area contributed by atoms with Crippen molar-refractivity contribution in [3.8, 4) is 0 Å². The van der Waals surface area contributed by atoms with Crippen molar-refractivity contribution >= 4 is 23.3 Å². The van der Waals surface area contributed by atoms with Crippen LogP contribution in [0.15, 0.2) is 11.1 Å². The van der Waals surface area contributed by atoms with Gasteiger partial charge in [-0.3, -0.25) is 19.2 Å². The molecule has 0 aromatic heterocycles. The van der Waals surface area contributed by atoms with E-state index in [4.69, 9.17) is 4.74 Å². The lowest BCUT2D eigenvalue weighted by molar-refractivity contribution is -0.149. The Morgan fingerprint density at radius 3 is 2.32 bits per heavy atom. The fraction of sp³-hybridized carbons (Fsp3) is 0.824. The first-order chi connectivity index (χ1) is 19.0. The fourth-order valence-electron chi connectivity index (χ4n) is 9.66. The standard InChI is InChI=1S/C34H52O7/c1-9-10-13-41-30(40)20(3)15-21(35)14-19(2)22-16-27(39)34(8)29-23(36)17-25-31(4,5)26(38)11-12-32(25,6)28(29)24(37)18-33(22,34)7/h19-20,22-23,25,27,36,39H,9-18H2,1-8H3/t19-,20?,22-,23+,25+,27+,32+,33-,34+/m1/s1. The zero-order chi connectivity index (χ0) is 30.7. The number of allylic oxidation sites excluding steroid dienone is 1. The maximum Gasteiger partial charge on any atom is 0.309 e. The van der Waals surface area contributed by atoms with E-state index in [9.17, 15) is 29.4 Å². The van der Waals surface area contributed by atoms with Gasteiger partial charge in [0.25, 0.3) is 0 Å². The number of unbranched alkanes of at least 4 members (excludes halogenated alkanes) is 1. The summed E-state index contributed by atoms with van der Waals surface area (Å²) >= 11 is 0. The van der Waals surface area contributed by atoms with Gasteiger partial charge in [0.1, 0.15) is 11.6 Å². The average molecular weight is 573 g/mol. The third kappa shape index (κ3) is 4.87. The van der Waals surface area contributed by atoms with Crippen molar-refractivity contribution in [1.29, 1.82) is 0 Å². The summed E-state index contributed by atoms with van der Waals surface area (Å²) < 4.78 is 5.29. The minimum absolute atomic E-state index is 0.0115. The largest absolute Gasteiger partial charge is 0.465 e. The van der Waals surface area contributed by atoms with Crippen molar-refractivity contribution in [2.75, 3.05) is 6.61 Å². The summed E-state index contributed by atoms with van der Waals surface area (Å²) in [6, 6.07) is 0. The second-order valence-electron chi connectivity index (χ2n) is 15.1. The van der Waals surface area contributed by atoms with Crippen LogP contribution in [0.1, 0.15) is 113 Å². The summed E-state index contributed by atoms with van der Waals surface area (Å²) in [5.41, 5.74) is -1.31. The maximum atomic E-state index is 14.2. The average Bonchev–Trinajstić information content (AvgIpc) is 3.08. The first-order valence-corrected chi connectivity index (χ1v) is 15.8. The molecule has 0 saturated heterocycles. The van der Waals surface area contributed by atoms with E-state index in [0.29, 0.717) is 43.4 Å². The number of aliphatic hydroxyl groups excluding tert-OH is 2. The molecule has 4 aliphatic carbocycles. The Bertz CT molecular complexity index is 1140. The molecular formula is C34H52O7. The molecule has 0 bridgehead atoms. The third-order valence-corrected chi connectivity index (χ3v) is 12.3. The summed E-state index contributed by atoms with van der Waals surface area (Å²) in [6.45, 7) is 16.2. The van der Waals surface area contributed by atoms with Crippen LogP contribution >= 0.6 is 0 Å². The lowest BCUT2D eigenvalue weighted by Crippen LogP contribution is -2.60. The van der Waals surface area contributed by atoms with Crippen molar-refractivity contribution in [2.24, 2.45) is 45.3 Å². The van der Waals surface area contributed by atoms with Gasteiger partial charge in [0.05, 0.1) is 24.7 Å². The lowest BCUT2D eigenvalue weighted by Gasteiger charge is -2.61. The molecule has 4 rings (SSSR count). The second kappa shape index (κ2) is 11.0. The van der Waals surface area contributed by atoms with E-state index in [2.05, 4.69) is 13.8 Å². The summed E-state index contributed by atoms with van der Waals surface area (Å²) in [5, 5.41) is 23.4. The summed E-state index contributed by atoms with van der Waals surface area (Å²) in [5.74, 6) is -1.06. The molecule has 7 nitrogen and oxygen atoms in total. The second-order valence-corrected chi connectivity index (χ2v) is 15.1. The fourth-order valence-corrected chi connectivity index (χ4v) is 9.66. The number of hydrogen-bond donors (Lipinski definition) is 2. The Kier molecular flexibility index (Phi) is 8.61. The maximum absolute atomic E-state index is 14.2. The number of fused-ring (bicyclic) bond motifs is 4. The number of ether oxygens (including phenoxy) is 1. The van der Waals surface area contributed by atoms with Crippen molar-refractivity contribution in [3.05, 3.63) is 11.1 Å². The molecule has 2 fully saturated rings. The van der Waals surface area contributed by atoms with E-state index < -0.39 is 39.8 Å². The van der Waals surface area contributed by atoms with E-state index in [1.807, 2.05) is 34.6 Å². The minimum atomic E-state index is -0.910. The van der Waals surface area contributed by atoms with Crippen LogP contribution in [0.5, 0.6) is 0 Å². The van der Waals surface area contributed by atoms with Crippen LogP contribution in [0.3, 0.4) is 0 Å². The Balaban J connectivity index is 1.61. The first kappa shape index (κ1) is 32.1. The molecule has 4 aliphatic rings. The molecule has 0 spiro atoms. The van der Waals surface area contributed by atoms with Gasteiger partial charge in [0, 0.05) is 47.5 Å². The molecule has 2 saturated carbocycles. The molecule has 0 heterocycles. The van der Waals surface area contributed by atoms with Gasteiger partial charge in [0.15, 0.2) is 5.78 Å². The predicted molar refractivity (Wildman–Crippen MR) is 156 cm³/mol. The number of aliphatic hydroxyl groups is 2. The molecule has 0 aromatic carbocycles. The predicted octanol–water partition coefficient (Wildman–Crippen LogP) is 5.39. The summed E-state index contributed by atoms with van der Waals surface area (Å²) in [7, 11) is 0. The van der Waals surface area contributed by atoms with E-state index >= 15 is 0 Å². The molecule has 0 amide bonds. The minimum Gasteiger partial charge on any atom is -0.465 e. The SMILES string of the molecule is CCCCOC(=O)C(C)CC(=O)C[C@@H](C)[C@H]1C[C@H](O)[C@@]2(C)C3=C(C(=O)C[C@]12C)[C@@]1(C)CCC(=O)C(C)(C)[C@@H]1C[C@@H]3O. The highest BCUT2D eigenvalue weighted by Crippen LogP contribution is 2.71. The number of carbonyl (C=O) groups is 4. The molecule has 230 valence electrons. The Morgan fingerprint density at radius 1 is 1.02 bits per heavy atom. The van der Waals surface area contributed by atoms with E-state index in [1.54, 1.807) is 6.92 Å². The lowest BCUT2D eigenvalue weighted by atomic mass is 9.42. The van der Waals surface area contributed by atoms with Gasteiger partial charge in [-0.05, 0) is 54.4 Å². The van der Waals surface area contributed by atoms with Gasteiger partial charge in [-0.25, -0.2) is 0 Å². The number of Topliss-reactive ketones (excluding diaryl/α,β-unsaturated/α-hetero) is 3. The topological polar surface area (TPSA) is 118 Å². The van der Waals surface area contributed by atoms with Crippen molar-refractivity contribution in [3.63, 3.8) is 0 Å². The molecule has 9 atom stereocenters. The molecule has 0 aliphatic heterocycles. The van der Waals surface area contributed by atoms with Crippen LogP contribution in [0.2, 0.25) is 0 Å². The number of carbonyl (C=O) groups excluding carboxylic acids is 4. The molecular weight excluding hydrogens is 520 g/mol. The third-order valence-electron chi connectivity index (χ3n) is 12.3. The van der Waals surface area contributed by atoms with E-state index in [-0.39, 0.29) is 60.3 Å². The van der Waals surface area contributed by atoms with Gasteiger partial charge in [-0.1, -0.05) is 61.8 Å². The Labute approximate surface area is 245 Å². The van der Waals surface area contributed by atoms with Crippen LogP contribution in [0.25, 0.3) is 0 Å². The number of ketones is 3.